The molecule has 0 spiro atoms. The summed E-state index contributed by atoms with van der Waals surface area (Å²) in [6, 6.07) is 9.54. The first kappa shape index (κ1) is 14.8. The van der Waals surface area contributed by atoms with Gasteiger partial charge in [-0.1, -0.05) is 0 Å². The molecule has 0 bridgehead atoms. The van der Waals surface area contributed by atoms with Crippen LogP contribution in [0.5, 0.6) is 0 Å². The van der Waals surface area contributed by atoms with Crippen LogP contribution in [0.2, 0.25) is 0 Å². The standard InChI is InChI=1S/C17H18N2O2S/c1-3-19-14-7-6-13(10-12(14)5-9-16(19)20)18-17(21)15-8-4-11(2)22-15/h4,6-8,10H,3,5,9H2,1-2H3,(H,18,21). The molecule has 2 aromatic rings. The third kappa shape index (κ3) is 2.76. The summed E-state index contributed by atoms with van der Waals surface area (Å²) < 4.78 is 0. The van der Waals surface area contributed by atoms with Gasteiger partial charge in [-0.2, -0.15) is 0 Å². The number of carbonyl (C=O) groups is 2. The number of nitrogens with zero attached hydrogens (tertiary/aromatic N) is 1. The first-order chi connectivity index (χ1) is 10.6. The monoisotopic (exact) mass is 314 g/mol. The van der Waals surface area contributed by atoms with E-state index in [1.165, 1.54) is 11.3 Å². The largest absolute Gasteiger partial charge is 0.321 e. The number of hydrogen-bond donors (Lipinski definition) is 1. The number of nitrogens with one attached hydrogen (secondary N) is 1. The van der Waals surface area contributed by atoms with E-state index in [4.69, 9.17) is 0 Å². The lowest BCUT2D eigenvalue weighted by atomic mass is 10.0. The fourth-order valence-corrected chi connectivity index (χ4v) is 3.50. The molecule has 0 saturated carbocycles. The number of anilines is 2. The van der Waals surface area contributed by atoms with Crippen LogP contribution in [0.25, 0.3) is 0 Å². The maximum atomic E-state index is 12.2. The third-order valence-electron chi connectivity index (χ3n) is 3.82. The van der Waals surface area contributed by atoms with Crippen molar-refractivity contribution in [2.24, 2.45) is 0 Å². The van der Waals surface area contributed by atoms with Gasteiger partial charge in [0.2, 0.25) is 5.91 Å². The van der Waals surface area contributed by atoms with Crippen LogP contribution in [0.4, 0.5) is 11.4 Å². The Bertz CT molecular complexity index is 736. The van der Waals surface area contributed by atoms with Gasteiger partial charge in [0.25, 0.3) is 5.91 Å². The second-order valence-electron chi connectivity index (χ2n) is 5.35. The average molecular weight is 314 g/mol. The molecule has 114 valence electrons. The van der Waals surface area contributed by atoms with Gasteiger partial charge in [-0.05, 0) is 56.2 Å². The number of fused-ring (bicyclic) bond motifs is 1. The van der Waals surface area contributed by atoms with E-state index < -0.39 is 0 Å². The summed E-state index contributed by atoms with van der Waals surface area (Å²) in [7, 11) is 0. The molecule has 0 radical (unpaired) electrons. The highest BCUT2D eigenvalue weighted by Gasteiger charge is 2.23. The number of hydrogen-bond acceptors (Lipinski definition) is 3. The Hall–Kier alpha value is -2.14. The predicted molar refractivity (Wildman–Crippen MR) is 89.8 cm³/mol. The molecule has 4 nitrogen and oxygen atoms in total. The van der Waals surface area contributed by atoms with Crippen molar-refractivity contribution in [3.05, 3.63) is 45.6 Å². The van der Waals surface area contributed by atoms with Gasteiger partial charge in [-0.15, -0.1) is 11.3 Å². The van der Waals surface area contributed by atoms with Crippen molar-refractivity contribution < 1.29 is 9.59 Å². The van der Waals surface area contributed by atoms with Crippen LogP contribution in [0.3, 0.4) is 0 Å². The summed E-state index contributed by atoms with van der Waals surface area (Å²) >= 11 is 1.48. The molecule has 2 heterocycles. The van der Waals surface area contributed by atoms with Crippen LogP contribution < -0.4 is 10.2 Å². The molecule has 0 atom stereocenters. The highest BCUT2D eigenvalue weighted by Crippen LogP contribution is 2.30. The highest BCUT2D eigenvalue weighted by molar-refractivity contribution is 7.14. The molecule has 22 heavy (non-hydrogen) atoms. The molecule has 2 amide bonds. The van der Waals surface area contributed by atoms with E-state index >= 15 is 0 Å². The van der Waals surface area contributed by atoms with Gasteiger partial charge >= 0.3 is 0 Å². The minimum absolute atomic E-state index is 0.0858. The molecule has 0 saturated heterocycles. The summed E-state index contributed by atoms with van der Waals surface area (Å²) in [5.41, 5.74) is 2.85. The van der Waals surface area contributed by atoms with E-state index in [2.05, 4.69) is 5.32 Å². The number of carbonyl (C=O) groups excluding carboxylic acids is 2. The van der Waals surface area contributed by atoms with E-state index in [9.17, 15) is 9.59 Å². The Kier molecular flexibility index (Phi) is 3.98. The molecule has 1 aromatic carbocycles. The molecular weight excluding hydrogens is 296 g/mol. The number of rotatable bonds is 3. The molecule has 1 N–H and O–H groups in total. The second kappa shape index (κ2) is 5.93. The van der Waals surface area contributed by atoms with Crippen molar-refractivity contribution in [3.8, 4) is 0 Å². The quantitative estimate of drug-likeness (QED) is 0.941. The van der Waals surface area contributed by atoms with Crippen molar-refractivity contribution in [2.75, 3.05) is 16.8 Å². The van der Waals surface area contributed by atoms with Gasteiger partial charge in [-0.3, -0.25) is 9.59 Å². The summed E-state index contributed by atoms with van der Waals surface area (Å²) in [5, 5.41) is 2.93. The molecule has 5 heteroatoms. The second-order valence-corrected chi connectivity index (χ2v) is 6.63. The number of amides is 2. The van der Waals surface area contributed by atoms with Crippen LogP contribution in [0, 0.1) is 6.92 Å². The highest BCUT2D eigenvalue weighted by atomic mass is 32.1. The first-order valence-corrected chi connectivity index (χ1v) is 8.21. The van der Waals surface area contributed by atoms with Crippen molar-refractivity contribution in [1.29, 1.82) is 0 Å². The van der Waals surface area contributed by atoms with Gasteiger partial charge in [0.05, 0.1) is 4.88 Å². The van der Waals surface area contributed by atoms with E-state index in [0.717, 1.165) is 28.2 Å². The predicted octanol–water partition coefficient (Wildman–Crippen LogP) is 3.61. The van der Waals surface area contributed by atoms with Crippen molar-refractivity contribution >= 4 is 34.5 Å². The van der Waals surface area contributed by atoms with Gasteiger partial charge in [0.1, 0.15) is 0 Å². The van der Waals surface area contributed by atoms with Crippen LogP contribution in [-0.2, 0) is 11.2 Å². The topological polar surface area (TPSA) is 49.4 Å². The zero-order chi connectivity index (χ0) is 15.7. The fraction of sp³-hybridized carbons (Fsp3) is 0.294. The Morgan fingerprint density at radius 1 is 1.27 bits per heavy atom. The Labute approximate surface area is 133 Å². The van der Waals surface area contributed by atoms with Crippen molar-refractivity contribution in [1.82, 2.24) is 0 Å². The van der Waals surface area contributed by atoms with Crippen molar-refractivity contribution in [3.63, 3.8) is 0 Å². The minimum Gasteiger partial charge on any atom is -0.321 e. The fourth-order valence-electron chi connectivity index (χ4n) is 2.73. The molecular formula is C17H18N2O2S. The lowest BCUT2D eigenvalue weighted by molar-refractivity contribution is -0.118. The summed E-state index contributed by atoms with van der Waals surface area (Å²) in [6.07, 6.45) is 1.26. The first-order valence-electron chi connectivity index (χ1n) is 7.39. The average Bonchev–Trinajstić information content (AvgIpc) is 2.94. The van der Waals surface area contributed by atoms with Crippen LogP contribution in [0.15, 0.2) is 30.3 Å². The van der Waals surface area contributed by atoms with Crippen LogP contribution >= 0.6 is 11.3 Å². The lowest BCUT2D eigenvalue weighted by Gasteiger charge is -2.28. The van der Waals surface area contributed by atoms with E-state index in [1.807, 2.05) is 44.2 Å². The molecule has 1 aromatic heterocycles. The molecule has 0 unspecified atom stereocenters. The molecule has 0 aliphatic carbocycles. The smallest absolute Gasteiger partial charge is 0.265 e. The summed E-state index contributed by atoms with van der Waals surface area (Å²) in [6.45, 7) is 4.63. The Balaban J connectivity index is 1.82. The molecule has 3 rings (SSSR count). The number of benzene rings is 1. The van der Waals surface area contributed by atoms with Gasteiger partial charge in [0, 0.05) is 29.2 Å². The molecule has 0 fully saturated rings. The third-order valence-corrected chi connectivity index (χ3v) is 4.82. The van der Waals surface area contributed by atoms with Gasteiger partial charge < -0.3 is 10.2 Å². The van der Waals surface area contributed by atoms with Crippen molar-refractivity contribution in [2.45, 2.75) is 26.7 Å². The molecule has 1 aliphatic heterocycles. The molecule has 1 aliphatic rings. The van der Waals surface area contributed by atoms with Gasteiger partial charge in [-0.25, -0.2) is 0 Å². The Morgan fingerprint density at radius 2 is 2.09 bits per heavy atom. The number of aryl methyl sites for hydroxylation is 2. The zero-order valence-electron chi connectivity index (χ0n) is 12.7. The Morgan fingerprint density at radius 3 is 2.77 bits per heavy atom. The van der Waals surface area contributed by atoms with E-state index in [0.29, 0.717) is 17.8 Å². The summed E-state index contributed by atoms with van der Waals surface area (Å²) in [5.74, 6) is 0.0816. The van der Waals surface area contributed by atoms with Gasteiger partial charge in [0.15, 0.2) is 0 Å². The normalized spacial score (nSPS) is 13.9. The van der Waals surface area contributed by atoms with Crippen LogP contribution in [-0.4, -0.2) is 18.4 Å². The van der Waals surface area contributed by atoms with E-state index in [-0.39, 0.29) is 11.8 Å². The zero-order valence-corrected chi connectivity index (χ0v) is 13.5. The maximum absolute atomic E-state index is 12.2. The lowest BCUT2D eigenvalue weighted by Crippen LogP contribution is -2.34. The van der Waals surface area contributed by atoms with Crippen LogP contribution in [0.1, 0.15) is 33.5 Å². The minimum atomic E-state index is -0.0858. The van der Waals surface area contributed by atoms with E-state index in [1.54, 1.807) is 4.90 Å². The number of thiophene rings is 1. The maximum Gasteiger partial charge on any atom is 0.265 e. The SMILES string of the molecule is CCN1C(=O)CCc2cc(NC(=O)c3ccc(C)s3)ccc21. The summed E-state index contributed by atoms with van der Waals surface area (Å²) in [4.78, 5) is 27.7.